The molecule has 0 unspecified atom stereocenters. The van der Waals surface area contributed by atoms with Gasteiger partial charge in [0.05, 0.1) is 19.0 Å². The lowest BCUT2D eigenvalue weighted by Crippen LogP contribution is -2.24. The van der Waals surface area contributed by atoms with E-state index in [9.17, 15) is 5.11 Å². The molecule has 0 aromatic carbocycles. The van der Waals surface area contributed by atoms with E-state index in [1.165, 1.54) is 11.8 Å². The highest BCUT2D eigenvalue weighted by Crippen LogP contribution is 2.32. The summed E-state index contributed by atoms with van der Waals surface area (Å²) in [7, 11) is 0. The molecule has 3 atom stereocenters. The van der Waals surface area contributed by atoms with Crippen LogP contribution in [0.15, 0.2) is 11.4 Å². The number of aromatic nitrogens is 4. The first-order valence-corrected chi connectivity index (χ1v) is 7.35. The molecular formula is C11H15N5O3S. The molecule has 0 amide bonds. The first-order chi connectivity index (χ1) is 9.63. The summed E-state index contributed by atoms with van der Waals surface area (Å²) in [5, 5.41) is 19.6. The second-order valence-corrected chi connectivity index (χ2v) is 5.32. The summed E-state index contributed by atoms with van der Waals surface area (Å²) in [6, 6.07) is 0. The molecule has 1 aliphatic rings. The lowest BCUT2D eigenvalue weighted by atomic mass is 10.2. The van der Waals surface area contributed by atoms with Crippen LogP contribution in [-0.4, -0.2) is 54.8 Å². The standard InChI is InChI=1S/C11H15N5O3S/c1-20-10-8-9(14-11(12)15-10)16(4-13-8)7-2-5(18)6(3-17)19-7/h4-7,17-18H,2-3H2,1H3,(H2,12,14,15)/t5-,6-,7-/m0/s1. The predicted molar refractivity (Wildman–Crippen MR) is 73.1 cm³/mol. The summed E-state index contributed by atoms with van der Waals surface area (Å²) in [5.41, 5.74) is 6.92. The van der Waals surface area contributed by atoms with E-state index in [1.807, 2.05) is 6.26 Å². The average Bonchev–Trinajstić information content (AvgIpc) is 3.00. The number of aliphatic hydroxyl groups excluding tert-OH is 2. The van der Waals surface area contributed by atoms with Crippen molar-refractivity contribution in [3.8, 4) is 0 Å². The smallest absolute Gasteiger partial charge is 0.223 e. The Balaban J connectivity index is 2.03. The van der Waals surface area contributed by atoms with Gasteiger partial charge in [0.25, 0.3) is 0 Å². The summed E-state index contributed by atoms with van der Waals surface area (Å²) in [5.74, 6) is 0.167. The van der Waals surface area contributed by atoms with E-state index >= 15 is 0 Å². The summed E-state index contributed by atoms with van der Waals surface area (Å²) >= 11 is 1.44. The number of anilines is 1. The molecule has 2 aromatic rings. The number of nitrogens with two attached hydrogens (primary N) is 1. The van der Waals surface area contributed by atoms with Crippen molar-refractivity contribution in [1.82, 2.24) is 19.5 Å². The molecule has 9 heteroatoms. The zero-order chi connectivity index (χ0) is 14.3. The highest BCUT2D eigenvalue weighted by molar-refractivity contribution is 7.98. The molecule has 8 nitrogen and oxygen atoms in total. The van der Waals surface area contributed by atoms with Gasteiger partial charge >= 0.3 is 0 Å². The third-order valence-corrected chi connectivity index (χ3v) is 3.97. The number of fused-ring (bicyclic) bond motifs is 1. The van der Waals surface area contributed by atoms with Crippen LogP contribution in [0.1, 0.15) is 12.6 Å². The Kier molecular flexibility index (Phi) is 3.50. The third-order valence-electron chi connectivity index (χ3n) is 3.29. The van der Waals surface area contributed by atoms with Gasteiger partial charge < -0.3 is 20.7 Å². The third kappa shape index (κ3) is 2.12. The molecule has 2 aromatic heterocycles. The first kappa shape index (κ1) is 13.6. The lowest BCUT2D eigenvalue weighted by Gasteiger charge is -2.13. The monoisotopic (exact) mass is 297 g/mol. The number of nitrogens with zero attached hydrogens (tertiary/aromatic N) is 4. The van der Waals surface area contributed by atoms with Gasteiger partial charge in [-0.25, -0.2) is 9.97 Å². The normalized spacial score (nSPS) is 26.4. The second kappa shape index (κ2) is 5.17. The molecule has 0 saturated carbocycles. The molecule has 1 aliphatic heterocycles. The number of rotatable bonds is 3. The molecule has 0 aliphatic carbocycles. The second-order valence-electron chi connectivity index (χ2n) is 4.53. The largest absolute Gasteiger partial charge is 0.394 e. The van der Waals surface area contributed by atoms with Crippen molar-refractivity contribution < 1.29 is 14.9 Å². The number of imidazole rings is 1. The van der Waals surface area contributed by atoms with Crippen molar-refractivity contribution in [1.29, 1.82) is 0 Å². The molecule has 20 heavy (non-hydrogen) atoms. The Morgan fingerprint density at radius 3 is 3.00 bits per heavy atom. The maximum atomic E-state index is 9.81. The van der Waals surface area contributed by atoms with Gasteiger partial charge in [0.15, 0.2) is 5.65 Å². The number of hydrogen-bond donors (Lipinski definition) is 3. The van der Waals surface area contributed by atoms with Gasteiger partial charge in [-0.3, -0.25) is 4.57 Å². The van der Waals surface area contributed by atoms with Gasteiger partial charge in [-0.1, -0.05) is 0 Å². The molecule has 108 valence electrons. The Hall–Kier alpha value is -1.42. The zero-order valence-corrected chi connectivity index (χ0v) is 11.6. The summed E-state index contributed by atoms with van der Waals surface area (Å²) in [6.07, 6.45) is 2.14. The SMILES string of the molecule is CSc1nc(N)nc2c1ncn2[C@@H]1C[C@H](O)[C@H](CO)O1. The maximum absolute atomic E-state index is 9.81. The van der Waals surface area contributed by atoms with Gasteiger partial charge in [-0.2, -0.15) is 4.98 Å². The van der Waals surface area contributed by atoms with Gasteiger partial charge in [0.1, 0.15) is 22.9 Å². The fraction of sp³-hybridized carbons (Fsp3) is 0.545. The maximum Gasteiger partial charge on any atom is 0.223 e. The minimum atomic E-state index is -0.707. The van der Waals surface area contributed by atoms with Crippen LogP contribution in [0.2, 0.25) is 0 Å². The summed E-state index contributed by atoms with van der Waals surface area (Å²) in [4.78, 5) is 12.6. The zero-order valence-electron chi connectivity index (χ0n) is 10.8. The van der Waals surface area contributed by atoms with E-state index in [4.69, 9.17) is 15.6 Å². The molecule has 4 N–H and O–H groups in total. The molecule has 1 fully saturated rings. The van der Waals surface area contributed by atoms with E-state index in [-0.39, 0.29) is 12.6 Å². The van der Waals surface area contributed by atoms with Gasteiger partial charge in [0, 0.05) is 6.42 Å². The molecule has 3 heterocycles. The van der Waals surface area contributed by atoms with Crippen LogP contribution in [0.3, 0.4) is 0 Å². The molecule has 0 spiro atoms. The fourth-order valence-electron chi connectivity index (χ4n) is 2.31. The minimum absolute atomic E-state index is 0.167. The van der Waals surface area contributed by atoms with Crippen LogP contribution in [0.5, 0.6) is 0 Å². The number of nitrogen functional groups attached to an aromatic ring is 1. The van der Waals surface area contributed by atoms with Crippen molar-refractivity contribution in [2.24, 2.45) is 0 Å². The Morgan fingerprint density at radius 1 is 1.55 bits per heavy atom. The van der Waals surface area contributed by atoms with E-state index in [2.05, 4.69) is 15.0 Å². The average molecular weight is 297 g/mol. The van der Waals surface area contributed by atoms with Crippen LogP contribution >= 0.6 is 11.8 Å². The van der Waals surface area contributed by atoms with Gasteiger partial charge in [-0.15, -0.1) is 11.8 Å². The highest BCUT2D eigenvalue weighted by atomic mass is 32.2. The predicted octanol–water partition coefficient (Wildman–Crippen LogP) is -0.229. The Labute approximate surface area is 119 Å². The van der Waals surface area contributed by atoms with Crippen molar-refractivity contribution in [3.05, 3.63) is 6.33 Å². The molecule has 0 radical (unpaired) electrons. The minimum Gasteiger partial charge on any atom is -0.394 e. The van der Waals surface area contributed by atoms with Crippen LogP contribution in [-0.2, 0) is 4.74 Å². The van der Waals surface area contributed by atoms with Crippen LogP contribution in [0.25, 0.3) is 11.2 Å². The topological polar surface area (TPSA) is 119 Å². The quantitative estimate of drug-likeness (QED) is 0.525. The van der Waals surface area contributed by atoms with Crippen LogP contribution < -0.4 is 5.73 Å². The fourth-order valence-corrected chi connectivity index (χ4v) is 2.83. The number of thioether (sulfide) groups is 1. The van der Waals surface area contributed by atoms with E-state index < -0.39 is 18.4 Å². The van der Waals surface area contributed by atoms with E-state index in [0.717, 1.165) is 0 Å². The molecule has 3 rings (SSSR count). The van der Waals surface area contributed by atoms with Crippen LogP contribution in [0.4, 0.5) is 5.95 Å². The number of hydrogen-bond acceptors (Lipinski definition) is 8. The number of ether oxygens (including phenoxy) is 1. The number of aliphatic hydroxyl groups is 2. The lowest BCUT2D eigenvalue weighted by molar-refractivity contribution is -0.0432. The molecule has 0 bridgehead atoms. The first-order valence-electron chi connectivity index (χ1n) is 6.12. The van der Waals surface area contributed by atoms with Crippen LogP contribution in [0, 0.1) is 0 Å². The van der Waals surface area contributed by atoms with Crippen molar-refractivity contribution in [3.63, 3.8) is 0 Å². The van der Waals surface area contributed by atoms with Crippen molar-refractivity contribution in [2.75, 3.05) is 18.6 Å². The Morgan fingerprint density at radius 2 is 2.35 bits per heavy atom. The van der Waals surface area contributed by atoms with Crippen molar-refractivity contribution >= 4 is 28.9 Å². The van der Waals surface area contributed by atoms with Gasteiger partial charge in [-0.05, 0) is 6.26 Å². The van der Waals surface area contributed by atoms with E-state index in [0.29, 0.717) is 22.6 Å². The van der Waals surface area contributed by atoms with Crippen molar-refractivity contribution in [2.45, 2.75) is 29.9 Å². The Bertz CT molecular complexity index is 634. The summed E-state index contributed by atoms with van der Waals surface area (Å²) < 4.78 is 7.32. The molecule has 1 saturated heterocycles. The highest BCUT2D eigenvalue weighted by Gasteiger charge is 2.35. The summed E-state index contributed by atoms with van der Waals surface area (Å²) in [6.45, 7) is -0.225. The van der Waals surface area contributed by atoms with Gasteiger partial charge in [0.2, 0.25) is 5.95 Å². The van der Waals surface area contributed by atoms with E-state index in [1.54, 1.807) is 10.9 Å². The molecular weight excluding hydrogens is 282 g/mol.